The largest absolute Gasteiger partial charge is 0.507 e. The van der Waals surface area contributed by atoms with Crippen LogP contribution in [0.3, 0.4) is 0 Å². The van der Waals surface area contributed by atoms with Gasteiger partial charge in [-0.05, 0) is 109 Å². The lowest BCUT2D eigenvalue weighted by atomic mass is 9.95. The number of hydrogen-bond donors (Lipinski definition) is 2. The molecular formula is C61H61N12O10+. The molecule has 0 unspecified atom stereocenters. The molecule has 1 saturated carbocycles. The molecule has 2 aliphatic heterocycles. The van der Waals surface area contributed by atoms with Crippen LogP contribution in [0.1, 0.15) is 78.9 Å². The topological polar surface area (TPSA) is 254 Å². The third-order valence-corrected chi connectivity index (χ3v) is 15.5. The van der Waals surface area contributed by atoms with Crippen molar-refractivity contribution >= 4 is 57.2 Å². The zero-order valence-electron chi connectivity index (χ0n) is 46.2. The van der Waals surface area contributed by atoms with Gasteiger partial charge in [0.25, 0.3) is 5.91 Å². The monoisotopic (exact) mass is 1120 g/mol. The molecule has 11 rings (SSSR count). The van der Waals surface area contributed by atoms with Gasteiger partial charge in [0, 0.05) is 76.0 Å². The van der Waals surface area contributed by atoms with Crippen LogP contribution in [0.2, 0.25) is 0 Å². The average Bonchev–Trinajstić information content (AvgIpc) is 4.40. The second kappa shape index (κ2) is 24.4. The summed E-state index contributed by atoms with van der Waals surface area (Å²) < 4.78 is 33.9. The van der Waals surface area contributed by atoms with Crippen molar-refractivity contribution in [2.75, 3.05) is 47.6 Å². The summed E-state index contributed by atoms with van der Waals surface area (Å²) >= 11 is 0. The Labute approximate surface area is 477 Å². The highest BCUT2D eigenvalue weighted by Gasteiger charge is 2.31. The molecule has 1 aliphatic carbocycles. The average molecular weight is 1120 g/mol. The Morgan fingerprint density at radius 3 is 2.52 bits per heavy atom. The van der Waals surface area contributed by atoms with Crippen molar-refractivity contribution in [1.82, 2.24) is 39.4 Å². The van der Waals surface area contributed by atoms with Crippen LogP contribution in [-0.2, 0) is 29.1 Å². The molecule has 2 N–H and O–H groups in total. The zero-order chi connectivity index (χ0) is 57.6. The lowest BCUT2D eigenvalue weighted by molar-refractivity contribution is -0.686. The molecule has 1 atom stereocenters. The van der Waals surface area contributed by atoms with Gasteiger partial charge in [-0.1, -0.05) is 25.0 Å². The minimum Gasteiger partial charge on any atom is -0.507 e. The van der Waals surface area contributed by atoms with Crippen LogP contribution in [0.5, 0.6) is 28.7 Å². The predicted molar refractivity (Wildman–Crippen MR) is 303 cm³/mol. The number of amides is 3. The summed E-state index contributed by atoms with van der Waals surface area (Å²) in [5.41, 5.74) is 6.64. The number of phenols is 1. The molecule has 22 nitrogen and oxygen atoms in total. The maximum absolute atomic E-state index is 13.7. The van der Waals surface area contributed by atoms with E-state index in [2.05, 4.69) is 47.3 Å². The van der Waals surface area contributed by atoms with E-state index in [0.29, 0.717) is 76.1 Å². The lowest BCUT2D eigenvalue weighted by Crippen LogP contribution is -2.40. The summed E-state index contributed by atoms with van der Waals surface area (Å²) in [6, 6.07) is 24.9. The van der Waals surface area contributed by atoms with Crippen LogP contribution in [0.15, 0.2) is 120 Å². The molecule has 83 heavy (non-hydrogen) atoms. The molecule has 8 aromatic rings. The number of azo groups is 1. The number of aryl methyl sites for hydroxylation is 2. The van der Waals surface area contributed by atoms with E-state index in [4.69, 9.17) is 23.7 Å². The quantitative estimate of drug-likeness (QED) is 0.0251. The number of nitrogens with one attached hydrogen (secondary N) is 1. The van der Waals surface area contributed by atoms with Crippen molar-refractivity contribution in [1.29, 1.82) is 5.26 Å². The number of esters is 1. The van der Waals surface area contributed by atoms with Crippen LogP contribution in [-0.4, -0.2) is 111 Å². The standard InChI is InChI=1S/C61H60N12O10/c1-69(60(77)72-25-21-45-56(64-36-65-58(45)72)42-32-66-73(33-42)49(19-22-62)39-8-4-5-9-39)26-27-70(2)61(78)80-35-38-11-14-43(15-12-38)67-68-44-16-17-51(74)47(30-44)59(76)63-23-7-6-10-55(75)83-57-48-34-71-24-20-41-29-53-54(82-37-81-53)31-46(41)50(71)28-40(48)13-18-52(57)79-3/h11-18,21,25,28-34,36,39,49H,4-10,19-20,23-24,26-27,35,37H2,1-3H3,(H-,63,67,74,76)/p+1/t49-/m1/s1. The smallest absolute Gasteiger partial charge is 0.409 e. The Morgan fingerprint density at radius 2 is 1.71 bits per heavy atom. The number of nitrogens with zero attached hydrogens (tertiary/aromatic N) is 11. The normalized spacial score (nSPS) is 13.8. The predicted octanol–water partition coefficient (Wildman–Crippen LogP) is 10.1. The molecule has 0 spiro atoms. The summed E-state index contributed by atoms with van der Waals surface area (Å²) in [6.07, 6.45) is 14.8. The van der Waals surface area contributed by atoms with Crippen molar-refractivity contribution in [3.63, 3.8) is 0 Å². The Kier molecular flexibility index (Phi) is 16.2. The highest BCUT2D eigenvalue weighted by molar-refractivity contribution is 5.98. The van der Waals surface area contributed by atoms with Crippen LogP contribution >= 0.6 is 0 Å². The van der Waals surface area contributed by atoms with E-state index >= 15 is 0 Å². The molecule has 0 saturated heterocycles. The summed E-state index contributed by atoms with van der Waals surface area (Å²) in [5.74, 6) is 1.48. The number of aromatic nitrogens is 6. The molecule has 0 radical (unpaired) electrons. The zero-order valence-corrected chi connectivity index (χ0v) is 46.2. The summed E-state index contributed by atoms with van der Waals surface area (Å²) in [5, 5.41) is 38.4. The van der Waals surface area contributed by atoms with Crippen LogP contribution in [0.4, 0.5) is 21.0 Å². The first-order valence-electron chi connectivity index (χ1n) is 27.6. The number of carbonyl (C=O) groups is 4. The van der Waals surface area contributed by atoms with E-state index < -0.39 is 18.0 Å². The van der Waals surface area contributed by atoms with Gasteiger partial charge < -0.3 is 43.9 Å². The number of phenolic OH excluding ortho intramolecular Hbond substituents is 1. The van der Waals surface area contributed by atoms with Crippen LogP contribution in [0.25, 0.3) is 44.3 Å². The van der Waals surface area contributed by atoms with E-state index in [1.54, 1.807) is 62.9 Å². The van der Waals surface area contributed by atoms with Gasteiger partial charge in [0.15, 0.2) is 41.4 Å². The van der Waals surface area contributed by atoms with Gasteiger partial charge in [-0.25, -0.2) is 19.6 Å². The van der Waals surface area contributed by atoms with Crippen molar-refractivity contribution in [3.05, 3.63) is 127 Å². The number of benzene rings is 4. The van der Waals surface area contributed by atoms with Gasteiger partial charge in [0.2, 0.25) is 12.5 Å². The maximum Gasteiger partial charge on any atom is 0.409 e. The van der Waals surface area contributed by atoms with Crippen molar-refractivity contribution < 1.29 is 52.5 Å². The number of pyridine rings is 1. The first kappa shape index (κ1) is 55.0. The summed E-state index contributed by atoms with van der Waals surface area (Å²) in [6.45, 7) is 1.56. The second-order valence-corrected chi connectivity index (χ2v) is 20.8. The van der Waals surface area contributed by atoms with E-state index in [0.717, 1.165) is 72.0 Å². The molecule has 3 aliphatic rings. The number of likely N-dealkylation sites (N-methyl/N-ethyl adjacent to an activating group) is 2. The second-order valence-electron chi connectivity index (χ2n) is 20.8. The molecular weight excluding hydrogens is 1060 g/mol. The number of fused-ring (bicyclic) bond motifs is 6. The summed E-state index contributed by atoms with van der Waals surface area (Å²) in [4.78, 5) is 64.9. The fourth-order valence-corrected chi connectivity index (χ4v) is 10.9. The number of rotatable bonds is 19. The minimum atomic E-state index is -0.573. The number of aromatic hydroxyl groups is 1. The van der Waals surface area contributed by atoms with Gasteiger partial charge >= 0.3 is 18.1 Å². The first-order chi connectivity index (χ1) is 40.4. The molecule has 6 heterocycles. The van der Waals surface area contributed by atoms with E-state index in [9.17, 15) is 29.5 Å². The van der Waals surface area contributed by atoms with Crippen LogP contribution in [0, 0.1) is 17.2 Å². The van der Waals surface area contributed by atoms with Gasteiger partial charge in [-0.15, -0.1) is 0 Å². The fraction of sp³-hybridized carbons (Fsp3) is 0.328. The number of carbonyl (C=O) groups excluding carboxylic acids is 4. The third kappa shape index (κ3) is 12.0. The van der Waals surface area contributed by atoms with Gasteiger partial charge in [-0.2, -0.15) is 25.2 Å². The molecule has 1 fully saturated rings. The van der Waals surface area contributed by atoms with Gasteiger partial charge in [0.1, 0.15) is 18.7 Å². The van der Waals surface area contributed by atoms with Gasteiger partial charge in [-0.3, -0.25) is 18.8 Å². The minimum absolute atomic E-state index is 0.00263. The Bertz CT molecular complexity index is 3850. The van der Waals surface area contributed by atoms with Crippen molar-refractivity contribution in [3.8, 4) is 57.3 Å². The Hall–Kier alpha value is -9.91. The third-order valence-electron chi connectivity index (χ3n) is 15.5. The van der Waals surface area contributed by atoms with E-state index in [1.165, 1.54) is 51.6 Å². The van der Waals surface area contributed by atoms with E-state index in [1.807, 2.05) is 35.3 Å². The summed E-state index contributed by atoms with van der Waals surface area (Å²) in [7, 11) is 4.77. The lowest BCUT2D eigenvalue weighted by Gasteiger charge is -2.22. The van der Waals surface area contributed by atoms with E-state index in [-0.39, 0.29) is 62.8 Å². The highest BCUT2D eigenvalue weighted by Crippen LogP contribution is 2.42. The first-order valence-corrected chi connectivity index (χ1v) is 27.6. The molecule has 424 valence electrons. The number of methoxy groups -OCH3 is 1. The molecule has 3 amide bonds. The number of hydrogen-bond acceptors (Lipinski definition) is 16. The molecule has 4 aromatic carbocycles. The molecule has 0 bridgehead atoms. The fourth-order valence-electron chi connectivity index (χ4n) is 10.9. The highest BCUT2D eigenvalue weighted by atomic mass is 16.7. The number of unbranched alkanes of at least 4 members (excludes halogenated alkanes) is 1. The Morgan fingerprint density at radius 1 is 0.928 bits per heavy atom. The van der Waals surface area contributed by atoms with Gasteiger partial charge in [0.05, 0.1) is 65.4 Å². The number of ether oxygens (including phenoxy) is 5. The number of nitriles is 1. The van der Waals surface area contributed by atoms with Crippen molar-refractivity contribution in [2.24, 2.45) is 16.1 Å². The SMILES string of the molecule is COc1ccc2cc3[n+](cc2c1OC(=O)CCCCNC(=O)c1cc(/N=N/c2ccc(COC(=O)N(C)CCN(C)C(=O)n4ccc5c(-c6cnn([C@H](CC#N)C7CCCC7)c6)ncnc54)cc2)ccc1O)CCc1cc2c(cc1-3)OCO2. The Balaban J connectivity index is 0.614. The van der Waals surface area contributed by atoms with Crippen LogP contribution < -0.4 is 28.8 Å². The molecule has 22 heteroatoms. The molecule has 4 aromatic heterocycles. The van der Waals surface area contributed by atoms with Crippen molar-refractivity contribution in [2.45, 2.75) is 77.0 Å². The maximum atomic E-state index is 13.7.